The third-order valence-corrected chi connectivity index (χ3v) is 3.84. The minimum atomic E-state index is -3.64. The normalized spacial score (nSPS) is 11.3. The van der Waals surface area contributed by atoms with E-state index < -0.39 is 16.0 Å². The lowest BCUT2D eigenvalue weighted by atomic mass is 10.2. The molecule has 8 heteroatoms. The number of carbonyl (C=O) groups excluding carboxylic acids is 1. The summed E-state index contributed by atoms with van der Waals surface area (Å²) < 4.78 is 35.6. The number of methoxy groups -OCH3 is 1. The molecule has 0 atom stereocenters. The van der Waals surface area contributed by atoms with Crippen molar-refractivity contribution in [3.63, 3.8) is 0 Å². The highest BCUT2D eigenvalue weighted by Crippen LogP contribution is 2.11. The van der Waals surface area contributed by atoms with E-state index in [0.717, 1.165) is 0 Å². The average molecular weight is 303 g/mol. The molecule has 0 heterocycles. The van der Waals surface area contributed by atoms with Crippen molar-refractivity contribution in [1.29, 1.82) is 0 Å². The molecule has 1 rings (SSSR count). The zero-order valence-corrected chi connectivity index (χ0v) is 11.9. The van der Waals surface area contributed by atoms with Crippen molar-refractivity contribution in [2.75, 3.05) is 33.5 Å². The Kier molecular flexibility index (Phi) is 6.59. The molecule has 0 spiro atoms. The third kappa shape index (κ3) is 4.89. The summed E-state index contributed by atoms with van der Waals surface area (Å²) in [4.78, 5) is 11.3. The number of aliphatic hydroxyl groups is 1. The molecular formula is C12H17NO6S. The second kappa shape index (κ2) is 7.95. The van der Waals surface area contributed by atoms with Crippen molar-refractivity contribution in [3.8, 4) is 0 Å². The van der Waals surface area contributed by atoms with E-state index in [1.807, 2.05) is 0 Å². The lowest BCUT2D eigenvalue weighted by Crippen LogP contribution is -2.27. The van der Waals surface area contributed by atoms with Crippen LogP contribution in [0.25, 0.3) is 0 Å². The standard InChI is InChI=1S/C12H17NO6S/c1-18-12(15)10-2-4-11(5-3-10)20(16,17)13-6-8-19-9-7-14/h2-5,13-14H,6-9H2,1H3. The quantitative estimate of drug-likeness (QED) is 0.508. The minimum absolute atomic E-state index is 0.0484. The molecule has 112 valence electrons. The van der Waals surface area contributed by atoms with Gasteiger partial charge in [0, 0.05) is 6.54 Å². The molecule has 1 aromatic carbocycles. The largest absolute Gasteiger partial charge is 0.465 e. The molecule has 0 unspecified atom stereocenters. The van der Waals surface area contributed by atoms with Gasteiger partial charge in [0.2, 0.25) is 10.0 Å². The fourth-order valence-electron chi connectivity index (χ4n) is 1.39. The van der Waals surface area contributed by atoms with Crippen LogP contribution < -0.4 is 4.72 Å². The predicted octanol–water partition coefficient (Wildman–Crippen LogP) is -0.240. The zero-order chi connectivity index (χ0) is 15.0. The second-order valence-electron chi connectivity index (χ2n) is 3.75. The zero-order valence-electron chi connectivity index (χ0n) is 11.0. The Morgan fingerprint density at radius 3 is 2.45 bits per heavy atom. The Labute approximate surface area is 117 Å². The van der Waals surface area contributed by atoms with Crippen molar-refractivity contribution in [2.45, 2.75) is 4.90 Å². The van der Waals surface area contributed by atoms with Gasteiger partial charge in [-0.3, -0.25) is 0 Å². The molecule has 0 fully saturated rings. The number of ether oxygens (including phenoxy) is 2. The van der Waals surface area contributed by atoms with Crippen LogP contribution in [0.15, 0.2) is 29.2 Å². The minimum Gasteiger partial charge on any atom is -0.465 e. The van der Waals surface area contributed by atoms with E-state index >= 15 is 0 Å². The predicted molar refractivity (Wildman–Crippen MR) is 70.9 cm³/mol. The molecule has 0 aromatic heterocycles. The monoisotopic (exact) mass is 303 g/mol. The number of nitrogens with one attached hydrogen (secondary N) is 1. The molecule has 20 heavy (non-hydrogen) atoms. The van der Waals surface area contributed by atoms with Crippen molar-refractivity contribution in [3.05, 3.63) is 29.8 Å². The Morgan fingerprint density at radius 1 is 1.25 bits per heavy atom. The van der Waals surface area contributed by atoms with Crippen molar-refractivity contribution in [1.82, 2.24) is 4.72 Å². The van der Waals surface area contributed by atoms with Gasteiger partial charge in [-0.25, -0.2) is 17.9 Å². The summed E-state index contributed by atoms with van der Waals surface area (Å²) in [6, 6.07) is 5.40. The maximum absolute atomic E-state index is 11.9. The fourth-order valence-corrected chi connectivity index (χ4v) is 2.40. The first-order chi connectivity index (χ1) is 9.51. The Morgan fingerprint density at radius 2 is 1.90 bits per heavy atom. The van der Waals surface area contributed by atoms with Gasteiger partial charge in [0.15, 0.2) is 0 Å². The summed E-state index contributed by atoms with van der Waals surface area (Å²) in [6.45, 7) is 0.318. The van der Waals surface area contributed by atoms with Crippen LogP contribution in [0.4, 0.5) is 0 Å². The molecule has 0 aliphatic heterocycles. The molecule has 0 aliphatic carbocycles. The smallest absolute Gasteiger partial charge is 0.337 e. The number of sulfonamides is 1. The van der Waals surface area contributed by atoms with Crippen LogP contribution in [-0.2, 0) is 19.5 Å². The van der Waals surface area contributed by atoms with Crippen molar-refractivity contribution < 1.29 is 27.8 Å². The van der Waals surface area contributed by atoms with Gasteiger partial charge in [-0.05, 0) is 24.3 Å². The fraction of sp³-hybridized carbons (Fsp3) is 0.417. The maximum atomic E-state index is 11.9. The van der Waals surface area contributed by atoms with Crippen LogP contribution in [0.2, 0.25) is 0 Å². The second-order valence-corrected chi connectivity index (χ2v) is 5.52. The molecule has 7 nitrogen and oxygen atoms in total. The number of benzene rings is 1. The highest BCUT2D eigenvalue weighted by molar-refractivity contribution is 7.89. The van der Waals surface area contributed by atoms with E-state index in [0.29, 0.717) is 0 Å². The van der Waals surface area contributed by atoms with Crippen LogP contribution in [0.5, 0.6) is 0 Å². The number of rotatable bonds is 8. The number of carbonyl (C=O) groups is 1. The summed E-state index contributed by atoms with van der Waals surface area (Å²) in [7, 11) is -2.39. The molecular weight excluding hydrogens is 286 g/mol. The Balaban J connectivity index is 2.61. The summed E-state index contributed by atoms with van der Waals surface area (Å²) >= 11 is 0. The summed E-state index contributed by atoms with van der Waals surface area (Å²) in [5, 5.41) is 8.49. The van der Waals surface area contributed by atoms with E-state index in [2.05, 4.69) is 9.46 Å². The van der Waals surface area contributed by atoms with Crippen molar-refractivity contribution in [2.24, 2.45) is 0 Å². The van der Waals surface area contributed by atoms with Crippen LogP contribution >= 0.6 is 0 Å². The lowest BCUT2D eigenvalue weighted by molar-refractivity contribution is 0.0600. The molecule has 0 aliphatic rings. The van der Waals surface area contributed by atoms with Gasteiger partial charge in [-0.1, -0.05) is 0 Å². The van der Waals surface area contributed by atoms with Gasteiger partial charge in [-0.15, -0.1) is 0 Å². The first-order valence-electron chi connectivity index (χ1n) is 5.88. The van der Waals surface area contributed by atoms with E-state index in [4.69, 9.17) is 9.84 Å². The third-order valence-electron chi connectivity index (χ3n) is 2.36. The van der Waals surface area contributed by atoms with Gasteiger partial charge < -0.3 is 14.6 Å². The molecule has 0 saturated heterocycles. The first-order valence-corrected chi connectivity index (χ1v) is 7.36. The molecule has 0 radical (unpaired) electrons. The van der Waals surface area contributed by atoms with Crippen molar-refractivity contribution >= 4 is 16.0 Å². The molecule has 0 amide bonds. The van der Waals surface area contributed by atoms with E-state index in [1.54, 1.807) is 0 Å². The highest BCUT2D eigenvalue weighted by Gasteiger charge is 2.14. The SMILES string of the molecule is COC(=O)c1ccc(S(=O)(=O)NCCOCCO)cc1. The van der Waals surface area contributed by atoms with Gasteiger partial charge in [0.25, 0.3) is 0 Å². The van der Waals surface area contributed by atoms with Gasteiger partial charge >= 0.3 is 5.97 Å². The number of hydrogen-bond acceptors (Lipinski definition) is 6. The number of esters is 1. The van der Waals surface area contributed by atoms with Crippen LogP contribution in [0.1, 0.15) is 10.4 Å². The summed E-state index contributed by atoms with van der Waals surface area (Å²) in [5.41, 5.74) is 0.276. The van der Waals surface area contributed by atoms with E-state index in [9.17, 15) is 13.2 Å². The van der Waals surface area contributed by atoms with E-state index in [1.165, 1.54) is 31.4 Å². The summed E-state index contributed by atoms with van der Waals surface area (Å²) in [5.74, 6) is -0.528. The Bertz CT molecular complexity index is 525. The van der Waals surface area contributed by atoms with Gasteiger partial charge in [-0.2, -0.15) is 0 Å². The molecule has 0 bridgehead atoms. The molecule has 2 N–H and O–H groups in total. The molecule has 1 aromatic rings. The average Bonchev–Trinajstić information content (AvgIpc) is 2.46. The summed E-state index contributed by atoms with van der Waals surface area (Å²) in [6.07, 6.45) is 0. The van der Waals surface area contributed by atoms with Gasteiger partial charge in [0.05, 0.1) is 37.4 Å². The topological polar surface area (TPSA) is 102 Å². The molecule has 0 saturated carbocycles. The van der Waals surface area contributed by atoms with Crippen LogP contribution in [-0.4, -0.2) is 53.0 Å². The van der Waals surface area contributed by atoms with E-state index in [-0.39, 0.29) is 36.8 Å². The number of aliphatic hydroxyl groups excluding tert-OH is 1. The van der Waals surface area contributed by atoms with Crippen LogP contribution in [0, 0.1) is 0 Å². The first kappa shape index (κ1) is 16.6. The Hall–Kier alpha value is -1.48. The lowest BCUT2D eigenvalue weighted by Gasteiger charge is -2.07. The van der Waals surface area contributed by atoms with Gasteiger partial charge in [0.1, 0.15) is 0 Å². The van der Waals surface area contributed by atoms with Crippen LogP contribution in [0.3, 0.4) is 0 Å². The maximum Gasteiger partial charge on any atom is 0.337 e. The number of hydrogen-bond donors (Lipinski definition) is 2. The highest BCUT2D eigenvalue weighted by atomic mass is 32.2.